The number of phosphoric acid groups is 1. The predicted molar refractivity (Wildman–Crippen MR) is 225 cm³/mol. The van der Waals surface area contributed by atoms with Crippen molar-refractivity contribution in [2.24, 2.45) is 0 Å². The number of benzene rings is 3. The number of rotatable bonds is 8. The van der Waals surface area contributed by atoms with Gasteiger partial charge in [-0.05, 0) is 53.7 Å². The van der Waals surface area contributed by atoms with Crippen LogP contribution in [0.5, 0.6) is 5.75 Å². The van der Waals surface area contributed by atoms with Gasteiger partial charge in [0, 0.05) is 30.4 Å². The number of carbonyl (C=O) groups excluding carboxylic acids is 3. The van der Waals surface area contributed by atoms with Crippen molar-refractivity contribution < 1.29 is 60.7 Å². The molecule has 63 heavy (non-hydrogen) atoms. The van der Waals surface area contributed by atoms with Crippen LogP contribution in [-0.4, -0.2) is 90.8 Å². The molecule has 19 nitrogen and oxygen atoms in total. The van der Waals surface area contributed by atoms with E-state index in [4.69, 9.17) is 38.0 Å². The number of aryl methyl sites for hydroxylation is 1. The lowest BCUT2D eigenvalue weighted by Crippen LogP contribution is -2.46. The van der Waals surface area contributed by atoms with Crippen LogP contribution >= 0.6 is 26.0 Å². The first-order chi connectivity index (χ1) is 30.3. The lowest BCUT2D eigenvalue weighted by Gasteiger charge is -2.33. The Labute approximate surface area is 363 Å². The first kappa shape index (κ1) is 43.2. The molecule has 0 radical (unpaired) electrons. The van der Waals surface area contributed by atoms with Gasteiger partial charge < -0.3 is 24.8 Å². The molecule has 9 rings (SSSR count). The summed E-state index contributed by atoms with van der Waals surface area (Å²) in [6, 6.07) is 22.4. The molecule has 8 atom stereocenters. The molecule has 0 aliphatic carbocycles. The Morgan fingerprint density at radius 3 is 2.46 bits per heavy atom. The zero-order valence-electron chi connectivity index (χ0n) is 33.4. The summed E-state index contributed by atoms with van der Waals surface area (Å²) >= 11 is 0.880. The number of aromatic nitrogens is 4. The minimum atomic E-state index is -4.93. The summed E-state index contributed by atoms with van der Waals surface area (Å²) in [7, 11) is -4.93. The average Bonchev–Trinajstić information content (AvgIpc) is 3.99. The lowest BCUT2D eigenvalue weighted by molar-refractivity contribution is -0.148. The molecule has 2 aromatic heterocycles. The van der Waals surface area contributed by atoms with Gasteiger partial charge in [0.25, 0.3) is 0 Å². The molecule has 2 bridgehead atoms. The highest BCUT2D eigenvalue weighted by Gasteiger charge is 2.50. The highest BCUT2D eigenvalue weighted by Crippen LogP contribution is 2.64. The Morgan fingerprint density at radius 2 is 1.68 bits per heavy atom. The summed E-state index contributed by atoms with van der Waals surface area (Å²) in [4.78, 5) is 64.0. The van der Waals surface area contributed by atoms with Crippen LogP contribution in [0.2, 0.25) is 0 Å². The highest BCUT2D eigenvalue weighted by molar-refractivity contribution is 8.54. The molecule has 0 spiro atoms. The molecule has 3 saturated heterocycles. The Bertz CT molecular complexity index is 2670. The number of esters is 1. The normalized spacial score (nSPS) is 29.0. The van der Waals surface area contributed by atoms with Crippen molar-refractivity contribution in [2.75, 3.05) is 18.9 Å². The van der Waals surface area contributed by atoms with Crippen LogP contribution in [0.3, 0.4) is 0 Å². The van der Waals surface area contributed by atoms with Gasteiger partial charge in [-0.25, -0.2) is 28.9 Å². The second-order valence-electron chi connectivity index (χ2n) is 15.1. The number of carbonyl (C=O) groups is 3. The average molecular weight is 919 g/mol. The van der Waals surface area contributed by atoms with Crippen LogP contribution in [0.4, 0.5) is 5.82 Å². The number of Topliss-reactive ketones (excluding diaryl/α,β-unsaturated/α-hetero) is 1. The quantitative estimate of drug-likeness (QED) is 0.0768. The molecule has 3 fully saturated rings. The summed E-state index contributed by atoms with van der Waals surface area (Å²) < 4.78 is 72.1. The van der Waals surface area contributed by atoms with Gasteiger partial charge in [-0.2, -0.15) is 0 Å². The second-order valence-corrected chi connectivity index (χ2v) is 20.5. The first-order valence-corrected chi connectivity index (χ1v) is 24.4. The molecular weight excluding hydrogens is 878 g/mol. The van der Waals surface area contributed by atoms with Gasteiger partial charge in [0.05, 0.1) is 37.6 Å². The number of anilines is 1. The smallest absolute Gasteiger partial charge is 0.423 e. The number of hydrogen-bond donors (Lipinski definition) is 2. The Hall–Kier alpha value is -5.11. The number of nitrogens with two attached hydrogens (primary N) is 1. The number of hydrogen-bond acceptors (Lipinski definition) is 17. The molecule has 4 aliphatic heterocycles. The largest absolute Gasteiger partial charge is 0.472 e. The molecule has 3 N–H and O–H groups in total. The topological polar surface area (TPSA) is 243 Å². The molecular formula is C41H40N6O13P2S. The summed E-state index contributed by atoms with van der Waals surface area (Å²) in [6.45, 7) is -3.21. The number of ketones is 1. The summed E-state index contributed by atoms with van der Waals surface area (Å²) in [5.74, 6) is -0.992. The Kier molecular flexibility index (Phi) is 12.2. The maximum absolute atomic E-state index is 15.0. The van der Waals surface area contributed by atoms with Crippen LogP contribution in [0.25, 0.3) is 16.7 Å². The molecule has 5 aromatic rings. The number of nitrogens with zero attached hydrogens (tertiary/aromatic N) is 5. The van der Waals surface area contributed by atoms with E-state index in [2.05, 4.69) is 15.0 Å². The van der Waals surface area contributed by atoms with Crippen LogP contribution in [0.1, 0.15) is 52.5 Å². The monoisotopic (exact) mass is 918 g/mol. The summed E-state index contributed by atoms with van der Waals surface area (Å²) in [5.41, 5.74) is 9.58. The van der Waals surface area contributed by atoms with Crippen molar-refractivity contribution in [1.82, 2.24) is 24.4 Å². The van der Waals surface area contributed by atoms with Gasteiger partial charge in [-0.15, -0.1) is 0 Å². The zero-order chi connectivity index (χ0) is 43.9. The number of imidazole rings is 1. The molecule has 3 aromatic carbocycles. The van der Waals surface area contributed by atoms with Crippen LogP contribution in [-0.2, 0) is 52.0 Å². The molecule has 4 aliphatic rings. The van der Waals surface area contributed by atoms with Gasteiger partial charge in [-0.1, -0.05) is 60.2 Å². The standard InChI is InChI=1S/C41H40N6O13P2S/c1-24-7-11-27(12-8-24)41(50)57-28-13-9-25(10-14-28)21-63-62(53)55-19-29-15-33(40(56-29)46-18-30(31(48)16-35(46)49)26-5-3-2-4-6-26)59-61(51,52)54-20-34-32(60-62)17-36(58-34)47-23-45-37-38(42)43-22-44-39(37)47/h2-14,18,22-23,29,32-34,36,40H,15-17,19-21H2,1H3,(H,51,52)(H2,42,43,44)/t29-,32-,33+,34+,36+,40+,62?/m0/s1. The third kappa shape index (κ3) is 9.56. The predicted octanol–water partition coefficient (Wildman–Crippen LogP) is 6.14. The van der Waals surface area contributed by atoms with Crippen molar-refractivity contribution in [3.63, 3.8) is 0 Å². The van der Waals surface area contributed by atoms with Gasteiger partial charge in [0.1, 0.15) is 42.1 Å². The van der Waals surface area contributed by atoms with E-state index in [-0.39, 0.29) is 36.6 Å². The van der Waals surface area contributed by atoms with Gasteiger partial charge in [0.2, 0.25) is 5.91 Å². The minimum absolute atomic E-state index is 0.0471. The van der Waals surface area contributed by atoms with Gasteiger partial charge in [0.15, 0.2) is 23.5 Å². The van der Waals surface area contributed by atoms with Crippen molar-refractivity contribution in [2.45, 2.75) is 68.8 Å². The molecule has 22 heteroatoms. The molecule has 6 heterocycles. The highest BCUT2D eigenvalue weighted by atomic mass is 32.7. The van der Waals surface area contributed by atoms with Gasteiger partial charge >= 0.3 is 20.6 Å². The number of nitrogen functional groups attached to an aromatic ring is 1. The van der Waals surface area contributed by atoms with E-state index < -0.39 is 82.2 Å². The third-order valence-corrected chi connectivity index (χ3v) is 15.4. The van der Waals surface area contributed by atoms with Crippen molar-refractivity contribution in [1.29, 1.82) is 0 Å². The van der Waals surface area contributed by atoms with Crippen molar-refractivity contribution in [3.05, 3.63) is 120 Å². The SMILES string of the molecule is Cc1ccc(C(=O)Oc2ccc(CSP3(=O)OC[C@@H]4C[C@@H](OP(=O)(O)OC[C@H]5O[C@@H](n6cnc7c(N)ncnc76)C[C@@H]5O3)[C@H](N3C=C(c5ccccc5)C(=O)CC3=O)O4)cc2)cc1. The number of allylic oxidation sites excluding steroid dienone is 1. The number of ether oxygens (including phenoxy) is 3. The third-order valence-electron chi connectivity index (χ3n) is 10.7. The number of phosphoric ester groups is 1. The van der Waals surface area contributed by atoms with Crippen LogP contribution < -0.4 is 10.5 Å². The minimum Gasteiger partial charge on any atom is -0.423 e. The number of amides is 1. The molecule has 0 saturated carbocycles. The fraction of sp³-hybridized carbons (Fsp3) is 0.317. The van der Waals surface area contributed by atoms with E-state index in [0.29, 0.717) is 33.6 Å². The molecule has 2 unspecified atom stereocenters. The van der Waals surface area contributed by atoms with E-state index >= 15 is 0 Å². The van der Waals surface area contributed by atoms with E-state index in [1.54, 1.807) is 71.3 Å². The zero-order valence-corrected chi connectivity index (χ0v) is 36.0. The maximum Gasteiger partial charge on any atom is 0.472 e. The number of fused-ring (bicyclic) bond motifs is 4. The lowest BCUT2D eigenvalue weighted by atomic mass is 9.97. The molecule has 1 amide bonds. The molecule has 328 valence electrons. The van der Waals surface area contributed by atoms with Crippen LogP contribution in [0, 0.1) is 6.92 Å². The fourth-order valence-corrected chi connectivity index (χ4v) is 11.9. The van der Waals surface area contributed by atoms with Crippen LogP contribution in [0.15, 0.2) is 97.7 Å². The van der Waals surface area contributed by atoms with Crippen molar-refractivity contribution >= 4 is 66.2 Å². The van der Waals surface area contributed by atoms with E-state index in [1.165, 1.54) is 23.8 Å². The van der Waals surface area contributed by atoms with Crippen molar-refractivity contribution in [3.8, 4) is 5.75 Å². The summed E-state index contributed by atoms with van der Waals surface area (Å²) in [6.07, 6.45) is -2.95. The summed E-state index contributed by atoms with van der Waals surface area (Å²) in [5, 5.41) is 0. The Morgan fingerprint density at radius 1 is 0.905 bits per heavy atom. The van der Waals surface area contributed by atoms with E-state index in [0.717, 1.165) is 16.9 Å². The van der Waals surface area contributed by atoms with E-state index in [9.17, 15) is 28.4 Å². The fourth-order valence-electron chi connectivity index (χ4n) is 7.52. The Balaban J connectivity index is 0.982. The first-order valence-electron chi connectivity index (χ1n) is 19.8. The van der Waals surface area contributed by atoms with Gasteiger partial charge in [-0.3, -0.25) is 37.2 Å². The maximum atomic E-state index is 15.0. The van der Waals surface area contributed by atoms with E-state index in [1.807, 2.05) is 19.1 Å². The second kappa shape index (κ2) is 17.8.